The molecule has 0 aliphatic heterocycles. The molecule has 2 unspecified atom stereocenters. The Labute approximate surface area is 108 Å². The Morgan fingerprint density at radius 3 is 2.59 bits per heavy atom. The van der Waals surface area contributed by atoms with Gasteiger partial charge in [-0.3, -0.25) is 0 Å². The lowest BCUT2D eigenvalue weighted by Gasteiger charge is -2.23. The van der Waals surface area contributed by atoms with Crippen molar-refractivity contribution in [3.05, 3.63) is 34.6 Å². The quantitative estimate of drug-likeness (QED) is 0.786. The molecule has 1 nitrogen and oxygen atoms in total. The van der Waals surface area contributed by atoms with Gasteiger partial charge in [-0.2, -0.15) is 0 Å². The molecule has 1 aromatic rings. The van der Waals surface area contributed by atoms with Crippen molar-refractivity contribution < 1.29 is 4.39 Å². The van der Waals surface area contributed by atoms with Gasteiger partial charge in [-0.25, -0.2) is 4.39 Å². The fourth-order valence-corrected chi connectivity index (χ4v) is 2.29. The van der Waals surface area contributed by atoms with Gasteiger partial charge in [-0.15, -0.1) is 0 Å². The number of hydrogen-bond acceptors (Lipinski definition) is 1. The summed E-state index contributed by atoms with van der Waals surface area (Å²) >= 11 is 5.74. The van der Waals surface area contributed by atoms with Crippen molar-refractivity contribution in [2.75, 3.05) is 0 Å². The van der Waals surface area contributed by atoms with Crippen LogP contribution in [-0.2, 0) is 0 Å². The zero-order valence-electron chi connectivity index (χ0n) is 10.5. The number of benzene rings is 1. The molecule has 0 fully saturated rings. The molecule has 0 radical (unpaired) electrons. The van der Waals surface area contributed by atoms with Gasteiger partial charge in [0.1, 0.15) is 5.82 Å². The third-order valence-electron chi connectivity index (χ3n) is 3.28. The van der Waals surface area contributed by atoms with Gasteiger partial charge >= 0.3 is 0 Å². The minimum Gasteiger partial charge on any atom is -0.324 e. The number of halogens is 2. The van der Waals surface area contributed by atoms with E-state index in [9.17, 15) is 4.39 Å². The molecular formula is C14H21ClFN. The molecule has 3 heteroatoms. The maximum absolute atomic E-state index is 13.8. The van der Waals surface area contributed by atoms with Gasteiger partial charge in [0.15, 0.2) is 0 Å². The molecule has 2 atom stereocenters. The van der Waals surface area contributed by atoms with Crippen LogP contribution in [0.15, 0.2) is 18.2 Å². The van der Waals surface area contributed by atoms with Gasteiger partial charge < -0.3 is 5.73 Å². The minimum atomic E-state index is -0.292. The highest BCUT2D eigenvalue weighted by molar-refractivity contribution is 6.30. The maximum atomic E-state index is 13.8. The molecule has 0 aromatic heterocycles. The Balaban J connectivity index is 2.81. The first kappa shape index (κ1) is 14.5. The van der Waals surface area contributed by atoms with Gasteiger partial charge in [-0.1, -0.05) is 50.8 Å². The van der Waals surface area contributed by atoms with E-state index in [4.69, 9.17) is 17.3 Å². The summed E-state index contributed by atoms with van der Waals surface area (Å²) in [6.45, 7) is 4.26. The van der Waals surface area contributed by atoms with Gasteiger partial charge in [-0.05, 0) is 24.5 Å². The summed E-state index contributed by atoms with van der Waals surface area (Å²) in [6.07, 6.45) is 4.31. The van der Waals surface area contributed by atoms with Crippen molar-refractivity contribution in [2.24, 2.45) is 11.7 Å². The molecule has 0 heterocycles. The monoisotopic (exact) mass is 257 g/mol. The van der Waals surface area contributed by atoms with E-state index in [2.05, 4.69) is 13.8 Å². The van der Waals surface area contributed by atoms with Crippen LogP contribution in [0.1, 0.15) is 51.1 Å². The Kier molecular flexibility index (Phi) is 5.93. The van der Waals surface area contributed by atoms with Crippen LogP contribution in [0.5, 0.6) is 0 Å². The molecule has 0 amide bonds. The average Bonchev–Trinajstić information content (AvgIpc) is 2.29. The summed E-state index contributed by atoms with van der Waals surface area (Å²) in [5.41, 5.74) is 6.74. The van der Waals surface area contributed by atoms with Crippen molar-refractivity contribution in [1.29, 1.82) is 0 Å². The second-order valence-corrected chi connectivity index (χ2v) is 4.94. The summed E-state index contributed by atoms with van der Waals surface area (Å²) < 4.78 is 13.8. The van der Waals surface area contributed by atoms with E-state index in [0.29, 0.717) is 16.5 Å². The summed E-state index contributed by atoms with van der Waals surface area (Å²) in [5, 5.41) is 0.417. The van der Waals surface area contributed by atoms with Crippen molar-refractivity contribution in [3.8, 4) is 0 Å². The van der Waals surface area contributed by atoms with E-state index in [1.165, 1.54) is 6.07 Å². The second kappa shape index (κ2) is 6.97. The molecule has 0 aliphatic rings. The zero-order valence-corrected chi connectivity index (χ0v) is 11.3. The number of unbranched alkanes of at least 4 members (excludes halogenated alkanes) is 1. The van der Waals surface area contributed by atoms with Gasteiger partial charge in [0.05, 0.1) is 0 Å². The normalized spacial score (nSPS) is 14.6. The third kappa shape index (κ3) is 3.97. The Hall–Kier alpha value is -0.600. The number of rotatable bonds is 6. The highest BCUT2D eigenvalue weighted by Gasteiger charge is 2.20. The molecule has 2 N–H and O–H groups in total. The van der Waals surface area contributed by atoms with E-state index in [-0.39, 0.29) is 11.9 Å². The first-order chi connectivity index (χ1) is 8.10. The summed E-state index contributed by atoms with van der Waals surface area (Å²) in [4.78, 5) is 0. The lowest BCUT2D eigenvalue weighted by atomic mass is 9.87. The standard InChI is InChI=1S/C14H21ClFN/c1-3-5-6-10(4-2)14(17)12-8-7-11(15)9-13(12)16/h7-10,14H,3-6,17H2,1-2H3. The maximum Gasteiger partial charge on any atom is 0.129 e. The van der Waals surface area contributed by atoms with E-state index in [1.807, 2.05) is 0 Å². The molecule has 0 bridgehead atoms. The third-order valence-corrected chi connectivity index (χ3v) is 3.52. The highest BCUT2D eigenvalue weighted by atomic mass is 35.5. The predicted octanol–water partition coefficient (Wildman–Crippen LogP) is 4.70. The van der Waals surface area contributed by atoms with Crippen LogP contribution < -0.4 is 5.73 Å². The smallest absolute Gasteiger partial charge is 0.129 e. The van der Waals surface area contributed by atoms with Crippen molar-refractivity contribution in [2.45, 2.75) is 45.6 Å². The lowest BCUT2D eigenvalue weighted by Crippen LogP contribution is -2.22. The van der Waals surface area contributed by atoms with Crippen LogP contribution in [0.3, 0.4) is 0 Å². The van der Waals surface area contributed by atoms with Crippen LogP contribution in [0.2, 0.25) is 5.02 Å². The first-order valence-corrected chi connectivity index (χ1v) is 6.68. The number of hydrogen-bond donors (Lipinski definition) is 1. The Morgan fingerprint density at radius 2 is 2.06 bits per heavy atom. The average molecular weight is 258 g/mol. The molecule has 0 aliphatic carbocycles. The van der Waals surface area contributed by atoms with E-state index in [0.717, 1.165) is 25.7 Å². The fraction of sp³-hybridized carbons (Fsp3) is 0.571. The molecule has 1 rings (SSSR count). The predicted molar refractivity (Wildman–Crippen MR) is 71.6 cm³/mol. The summed E-state index contributed by atoms with van der Waals surface area (Å²) in [7, 11) is 0. The van der Waals surface area contributed by atoms with E-state index >= 15 is 0 Å². The van der Waals surface area contributed by atoms with Crippen LogP contribution in [-0.4, -0.2) is 0 Å². The molecule has 0 spiro atoms. The van der Waals surface area contributed by atoms with Crippen LogP contribution in [0.25, 0.3) is 0 Å². The molecule has 17 heavy (non-hydrogen) atoms. The van der Waals surface area contributed by atoms with Crippen molar-refractivity contribution in [3.63, 3.8) is 0 Å². The molecule has 0 saturated carbocycles. The zero-order chi connectivity index (χ0) is 12.8. The number of nitrogens with two attached hydrogens (primary N) is 1. The van der Waals surface area contributed by atoms with Gasteiger partial charge in [0, 0.05) is 16.6 Å². The Bertz CT molecular complexity index is 354. The van der Waals surface area contributed by atoms with E-state index in [1.54, 1.807) is 12.1 Å². The lowest BCUT2D eigenvalue weighted by molar-refractivity contribution is 0.369. The summed E-state index contributed by atoms with van der Waals surface area (Å²) in [6, 6.07) is 4.51. The van der Waals surface area contributed by atoms with Gasteiger partial charge in [0.25, 0.3) is 0 Å². The fourth-order valence-electron chi connectivity index (χ4n) is 2.13. The van der Waals surface area contributed by atoms with Crippen molar-refractivity contribution >= 4 is 11.6 Å². The van der Waals surface area contributed by atoms with Gasteiger partial charge in [0.2, 0.25) is 0 Å². The second-order valence-electron chi connectivity index (χ2n) is 4.50. The molecule has 96 valence electrons. The van der Waals surface area contributed by atoms with Crippen LogP contribution >= 0.6 is 11.6 Å². The highest BCUT2D eigenvalue weighted by Crippen LogP contribution is 2.29. The minimum absolute atomic E-state index is 0.233. The van der Waals surface area contributed by atoms with Crippen LogP contribution in [0, 0.1) is 11.7 Å². The Morgan fingerprint density at radius 1 is 1.35 bits per heavy atom. The van der Waals surface area contributed by atoms with E-state index < -0.39 is 0 Å². The SMILES string of the molecule is CCCCC(CC)C(N)c1ccc(Cl)cc1F. The summed E-state index contributed by atoms with van der Waals surface area (Å²) in [5.74, 6) is 0.0468. The largest absolute Gasteiger partial charge is 0.324 e. The molecule has 1 aromatic carbocycles. The topological polar surface area (TPSA) is 26.0 Å². The molecular weight excluding hydrogens is 237 g/mol. The van der Waals surface area contributed by atoms with Crippen molar-refractivity contribution in [1.82, 2.24) is 0 Å². The molecule has 0 saturated heterocycles. The first-order valence-electron chi connectivity index (χ1n) is 6.30. The van der Waals surface area contributed by atoms with Crippen LogP contribution in [0.4, 0.5) is 4.39 Å².